The van der Waals surface area contributed by atoms with E-state index in [0.29, 0.717) is 10.2 Å². The zero-order chi connectivity index (χ0) is 16.6. The van der Waals surface area contributed by atoms with Crippen LogP contribution in [0.15, 0.2) is 29.4 Å². The van der Waals surface area contributed by atoms with Crippen molar-refractivity contribution in [2.24, 2.45) is 0 Å². The van der Waals surface area contributed by atoms with Crippen molar-refractivity contribution >= 4 is 29.3 Å². The third-order valence-corrected chi connectivity index (χ3v) is 4.98. The maximum Gasteiger partial charge on any atom is 0.236 e. The van der Waals surface area contributed by atoms with Crippen molar-refractivity contribution in [1.82, 2.24) is 20.2 Å². The van der Waals surface area contributed by atoms with Crippen molar-refractivity contribution in [1.29, 1.82) is 0 Å². The van der Waals surface area contributed by atoms with Crippen LogP contribution in [0.1, 0.15) is 31.3 Å². The monoisotopic (exact) mass is 351 g/mol. The molecule has 1 aromatic heterocycles. The lowest BCUT2D eigenvalue weighted by atomic mass is 10.0. The number of carbonyl (C=O) groups is 1. The molecule has 0 radical (unpaired) electrons. The lowest BCUT2D eigenvalue weighted by Crippen LogP contribution is -2.45. The van der Waals surface area contributed by atoms with Gasteiger partial charge in [-0.2, -0.15) is 0 Å². The molecule has 2 atom stereocenters. The number of nitrogens with zero attached hydrogens (tertiary/aromatic N) is 3. The Hall–Kier alpha value is -1.73. The SMILES string of the molecule is Cc1nnc2n1NC(c1ccc(Cl)cc1)C(C(=O)NC(C)C)S2. The zero-order valence-electron chi connectivity index (χ0n) is 13.1. The molecule has 0 fully saturated rings. The molecule has 0 saturated heterocycles. The molecule has 2 N–H and O–H groups in total. The molecular formula is C15H18ClN5OS. The number of benzene rings is 1. The van der Waals surface area contributed by atoms with Gasteiger partial charge in [0.2, 0.25) is 11.1 Å². The second kappa shape index (κ2) is 6.41. The smallest absolute Gasteiger partial charge is 0.236 e. The van der Waals surface area contributed by atoms with Gasteiger partial charge in [-0.15, -0.1) is 10.2 Å². The predicted octanol–water partition coefficient (Wildman–Crippen LogP) is 2.52. The number of aryl methyl sites for hydroxylation is 1. The number of fused-ring (bicyclic) bond motifs is 1. The molecular weight excluding hydrogens is 334 g/mol. The molecule has 0 bridgehead atoms. The molecule has 1 aliphatic rings. The molecule has 0 spiro atoms. The Bertz CT molecular complexity index is 715. The number of nitrogens with one attached hydrogen (secondary N) is 2. The topological polar surface area (TPSA) is 71.8 Å². The summed E-state index contributed by atoms with van der Waals surface area (Å²) in [6.45, 7) is 5.77. The second-order valence-electron chi connectivity index (χ2n) is 5.73. The molecule has 2 unspecified atom stereocenters. The van der Waals surface area contributed by atoms with Gasteiger partial charge >= 0.3 is 0 Å². The van der Waals surface area contributed by atoms with E-state index in [4.69, 9.17) is 11.6 Å². The average Bonchev–Trinajstić information content (AvgIpc) is 2.87. The van der Waals surface area contributed by atoms with E-state index in [1.165, 1.54) is 11.8 Å². The molecule has 0 saturated carbocycles. The molecule has 1 aromatic carbocycles. The van der Waals surface area contributed by atoms with E-state index in [2.05, 4.69) is 20.9 Å². The summed E-state index contributed by atoms with van der Waals surface area (Å²) in [6, 6.07) is 7.40. The lowest BCUT2D eigenvalue weighted by Gasteiger charge is -2.33. The van der Waals surface area contributed by atoms with Gasteiger partial charge in [-0.05, 0) is 38.5 Å². The van der Waals surface area contributed by atoms with Crippen LogP contribution in [0.25, 0.3) is 0 Å². The third kappa shape index (κ3) is 3.30. The van der Waals surface area contributed by atoms with Gasteiger partial charge < -0.3 is 10.7 Å². The number of amides is 1. The fourth-order valence-electron chi connectivity index (χ4n) is 2.45. The highest BCUT2D eigenvalue weighted by atomic mass is 35.5. The summed E-state index contributed by atoms with van der Waals surface area (Å²) in [7, 11) is 0. The van der Waals surface area contributed by atoms with E-state index in [0.717, 1.165) is 11.4 Å². The summed E-state index contributed by atoms with van der Waals surface area (Å²) in [5.74, 6) is 0.735. The van der Waals surface area contributed by atoms with Crippen LogP contribution in [-0.2, 0) is 4.79 Å². The van der Waals surface area contributed by atoms with Crippen molar-refractivity contribution in [2.45, 2.75) is 43.3 Å². The van der Waals surface area contributed by atoms with Gasteiger partial charge in [-0.25, -0.2) is 4.68 Å². The Kier molecular flexibility index (Phi) is 4.50. The van der Waals surface area contributed by atoms with Crippen molar-refractivity contribution in [2.75, 3.05) is 5.43 Å². The Labute approximate surface area is 144 Å². The normalized spacial score (nSPS) is 20.0. The lowest BCUT2D eigenvalue weighted by molar-refractivity contribution is -0.121. The molecule has 1 aliphatic heterocycles. The predicted molar refractivity (Wildman–Crippen MR) is 91.2 cm³/mol. The molecule has 122 valence electrons. The zero-order valence-corrected chi connectivity index (χ0v) is 14.6. The molecule has 2 aromatic rings. The van der Waals surface area contributed by atoms with Crippen molar-refractivity contribution in [3.63, 3.8) is 0 Å². The molecule has 3 rings (SSSR count). The summed E-state index contributed by atoms with van der Waals surface area (Å²) in [4.78, 5) is 12.6. The summed E-state index contributed by atoms with van der Waals surface area (Å²) < 4.78 is 1.82. The van der Waals surface area contributed by atoms with Crippen LogP contribution < -0.4 is 10.7 Å². The van der Waals surface area contributed by atoms with E-state index in [1.54, 1.807) is 0 Å². The summed E-state index contributed by atoms with van der Waals surface area (Å²) in [5.41, 5.74) is 4.34. The molecule has 23 heavy (non-hydrogen) atoms. The summed E-state index contributed by atoms with van der Waals surface area (Å²) in [6.07, 6.45) is 0. The van der Waals surface area contributed by atoms with E-state index >= 15 is 0 Å². The summed E-state index contributed by atoms with van der Waals surface area (Å²) >= 11 is 7.39. The number of hydrogen-bond acceptors (Lipinski definition) is 5. The maximum absolute atomic E-state index is 12.6. The maximum atomic E-state index is 12.6. The Balaban J connectivity index is 1.96. The van der Waals surface area contributed by atoms with Crippen LogP contribution in [0.3, 0.4) is 0 Å². The first-order chi connectivity index (χ1) is 11.0. The largest absolute Gasteiger partial charge is 0.353 e. The highest BCUT2D eigenvalue weighted by molar-refractivity contribution is 8.00. The van der Waals surface area contributed by atoms with Gasteiger partial charge in [-0.3, -0.25) is 4.79 Å². The fraction of sp³-hybridized carbons (Fsp3) is 0.400. The van der Waals surface area contributed by atoms with Crippen LogP contribution in [0.5, 0.6) is 0 Å². The first-order valence-corrected chi connectivity index (χ1v) is 8.62. The van der Waals surface area contributed by atoms with Crippen LogP contribution in [-0.4, -0.2) is 32.1 Å². The van der Waals surface area contributed by atoms with Gasteiger partial charge in [0.15, 0.2) is 0 Å². The third-order valence-electron chi connectivity index (χ3n) is 3.52. The number of hydrogen-bond donors (Lipinski definition) is 2. The van der Waals surface area contributed by atoms with Crippen molar-refractivity contribution in [3.05, 3.63) is 40.7 Å². The Morgan fingerprint density at radius 3 is 2.70 bits per heavy atom. The minimum absolute atomic E-state index is 0.0237. The van der Waals surface area contributed by atoms with Crippen LogP contribution in [0, 0.1) is 6.92 Å². The number of aromatic nitrogens is 3. The van der Waals surface area contributed by atoms with Crippen molar-refractivity contribution < 1.29 is 4.79 Å². The number of thioether (sulfide) groups is 1. The van der Waals surface area contributed by atoms with E-state index in [-0.39, 0.29) is 23.2 Å². The minimum Gasteiger partial charge on any atom is -0.353 e. The van der Waals surface area contributed by atoms with Crippen molar-refractivity contribution in [3.8, 4) is 0 Å². The number of halogens is 1. The quantitative estimate of drug-likeness (QED) is 0.889. The van der Waals surface area contributed by atoms with Gasteiger partial charge in [0.25, 0.3) is 0 Å². The van der Waals surface area contributed by atoms with Crippen LogP contribution >= 0.6 is 23.4 Å². The molecule has 6 nitrogen and oxygen atoms in total. The second-order valence-corrected chi connectivity index (χ2v) is 7.27. The fourth-order valence-corrected chi connectivity index (χ4v) is 3.71. The first-order valence-electron chi connectivity index (χ1n) is 7.37. The average molecular weight is 352 g/mol. The number of carbonyl (C=O) groups excluding carboxylic acids is 1. The van der Waals surface area contributed by atoms with Gasteiger partial charge in [0.1, 0.15) is 11.1 Å². The Morgan fingerprint density at radius 2 is 2.04 bits per heavy atom. The highest BCUT2D eigenvalue weighted by Crippen LogP contribution is 2.37. The van der Waals surface area contributed by atoms with Gasteiger partial charge in [-0.1, -0.05) is 35.5 Å². The molecule has 1 amide bonds. The minimum atomic E-state index is -0.338. The molecule has 0 aliphatic carbocycles. The van der Waals surface area contributed by atoms with Gasteiger partial charge in [0, 0.05) is 11.1 Å². The number of rotatable bonds is 3. The summed E-state index contributed by atoms with van der Waals surface area (Å²) in [5, 5.41) is 12.2. The van der Waals surface area contributed by atoms with Crippen LogP contribution in [0.2, 0.25) is 5.02 Å². The van der Waals surface area contributed by atoms with E-state index in [1.807, 2.05) is 49.7 Å². The van der Waals surface area contributed by atoms with E-state index in [9.17, 15) is 4.79 Å². The van der Waals surface area contributed by atoms with E-state index < -0.39 is 0 Å². The highest BCUT2D eigenvalue weighted by Gasteiger charge is 2.37. The Morgan fingerprint density at radius 1 is 1.35 bits per heavy atom. The van der Waals surface area contributed by atoms with Crippen LogP contribution in [0.4, 0.5) is 0 Å². The standard InChI is InChI=1S/C15H18ClN5OS/c1-8(2)17-14(22)13-12(10-4-6-11(16)7-5-10)20-21-9(3)18-19-15(21)23-13/h4-8,12-13,20H,1-3H3,(H,17,22). The first kappa shape index (κ1) is 16.1. The molecule has 8 heteroatoms. The molecule has 2 heterocycles. The van der Waals surface area contributed by atoms with Gasteiger partial charge in [0.05, 0.1) is 6.04 Å².